The topological polar surface area (TPSA) is 204 Å². The van der Waals surface area contributed by atoms with Crippen molar-refractivity contribution >= 4 is 68.8 Å². The van der Waals surface area contributed by atoms with E-state index in [1.807, 2.05) is 36.7 Å². The quantitative estimate of drug-likeness (QED) is 0.0620. The van der Waals surface area contributed by atoms with Gasteiger partial charge in [0.1, 0.15) is 28.0 Å². The van der Waals surface area contributed by atoms with Crippen LogP contribution < -0.4 is 31.6 Å². The number of methoxy groups -OCH3 is 1. The number of amides is 1. The van der Waals surface area contributed by atoms with Gasteiger partial charge in [0, 0.05) is 80.3 Å². The number of nitrogens with zero attached hydrogens (tertiary/aromatic N) is 10. The van der Waals surface area contributed by atoms with Gasteiger partial charge in [0.25, 0.3) is 5.56 Å². The van der Waals surface area contributed by atoms with E-state index in [2.05, 4.69) is 57.2 Å². The molecule has 2 fully saturated rings. The van der Waals surface area contributed by atoms with E-state index in [1.54, 1.807) is 37.2 Å². The van der Waals surface area contributed by atoms with Crippen molar-refractivity contribution in [2.75, 3.05) is 62.3 Å². The lowest BCUT2D eigenvalue weighted by molar-refractivity contribution is -0.122. The zero-order valence-corrected chi connectivity index (χ0v) is 36.8. The Hall–Kier alpha value is -6.64. The predicted molar refractivity (Wildman–Crippen MR) is 243 cm³/mol. The normalized spacial score (nSPS) is 14.5. The third kappa shape index (κ3) is 9.00. The Morgan fingerprint density at radius 1 is 0.968 bits per heavy atom. The van der Waals surface area contributed by atoms with Crippen molar-refractivity contribution in [3.8, 4) is 17.6 Å². The van der Waals surface area contributed by atoms with E-state index in [1.165, 1.54) is 6.92 Å². The minimum atomic E-state index is -0.287. The number of carbonyl (C=O) groups is 2. The van der Waals surface area contributed by atoms with Gasteiger partial charge in [-0.3, -0.25) is 28.8 Å². The van der Waals surface area contributed by atoms with Crippen LogP contribution in [-0.4, -0.2) is 102 Å². The van der Waals surface area contributed by atoms with Gasteiger partial charge < -0.3 is 30.6 Å². The molecule has 326 valence electrons. The maximum absolute atomic E-state index is 13.6. The molecule has 0 unspecified atom stereocenters. The second-order valence-corrected chi connectivity index (χ2v) is 16.4. The fourth-order valence-corrected chi connectivity index (χ4v) is 8.95. The molecule has 0 spiro atoms. The lowest BCUT2D eigenvalue weighted by atomic mass is 10.0. The molecule has 17 nitrogen and oxygen atoms in total. The average Bonchev–Trinajstić information content (AvgIpc) is 3.91. The monoisotopic (exact) mass is 871 g/mol. The summed E-state index contributed by atoms with van der Waals surface area (Å²) in [5.74, 6) is 7.77. The van der Waals surface area contributed by atoms with Crippen LogP contribution in [0.2, 0.25) is 5.15 Å². The van der Waals surface area contributed by atoms with Gasteiger partial charge in [-0.05, 0) is 58.2 Å². The second kappa shape index (κ2) is 18.4. The smallest absolute Gasteiger partial charge is 0.263 e. The first-order valence-corrected chi connectivity index (χ1v) is 21.5. The highest BCUT2D eigenvalue weighted by molar-refractivity contribution is 6.34. The molecule has 0 atom stereocenters. The number of piperazine rings is 1. The van der Waals surface area contributed by atoms with E-state index in [0.717, 1.165) is 67.0 Å². The van der Waals surface area contributed by atoms with Crippen molar-refractivity contribution in [2.24, 2.45) is 0 Å². The van der Waals surface area contributed by atoms with Crippen molar-refractivity contribution in [1.29, 1.82) is 0 Å². The summed E-state index contributed by atoms with van der Waals surface area (Å²) in [5.41, 5.74) is 11.9. The second-order valence-electron chi connectivity index (χ2n) is 16.1. The van der Waals surface area contributed by atoms with Crippen LogP contribution in [0.4, 0.5) is 23.4 Å². The number of Topliss-reactive ketones (excluding diaryl/α,β-unsaturated/α-hetero) is 1. The molecule has 18 heteroatoms. The molecule has 4 N–H and O–H groups in total. The number of carbonyl (C=O) groups excluding carboxylic acids is 2. The summed E-state index contributed by atoms with van der Waals surface area (Å²) in [6.45, 7) is 11.1. The van der Waals surface area contributed by atoms with Gasteiger partial charge in [-0.25, -0.2) is 15.0 Å². The van der Waals surface area contributed by atoms with Crippen LogP contribution >= 0.6 is 11.6 Å². The summed E-state index contributed by atoms with van der Waals surface area (Å²) in [4.78, 5) is 70.5. The Kier molecular flexibility index (Phi) is 12.5. The van der Waals surface area contributed by atoms with Gasteiger partial charge in [0.2, 0.25) is 17.8 Å². The molecule has 0 bridgehead atoms. The number of nitrogens with one attached hydrogen (secondary N) is 2. The molecule has 8 rings (SSSR count). The summed E-state index contributed by atoms with van der Waals surface area (Å²) in [7, 11) is 1.64. The maximum Gasteiger partial charge on any atom is 0.263 e. The third-order valence-corrected chi connectivity index (χ3v) is 12.2. The first-order valence-electron chi connectivity index (χ1n) is 21.1. The number of ether oxygens (including phenoxy) is 1. The van der Waals surface area contributed by atoms with E-state index in [4.69, 9.17) is 27.1 Å². The minimum absolute atomic E-state index is 0.00498. The average molecular weight is 872 g/mol. The molecule has 2 aliphatic rings. The molecule has 1 aliphatic heterocycles. The standard InChI is InChI=1S/C45H50ClN13O4/c1-26-20-49-34(28(3)39(26)63-5)24-58-23-30(38-40(46)53-44(47)54-42(38)58)10-8-9-15-48-36(61)25-56-16-18-57(19-17-56)32-13-14-35(50-21-32)52-45-51-22-33-27(2)37(29(4)60)43(62)59(41(33)55-45)31-11-6-7-12-31/h13-14,20-23,31H,6-7,9,11-12,15-19,24-25H2,1-5H3,(H,48,61)(H2,47,53,54)(H,50,51,52,55). The lowest BCUT2D eigenvalue weighted by Crippen LogP contribution is -2.49. The van der Waals surface area contributed by atoms with Gasteiger partial charge in [0.05, 0.1) is 54.3 Å². The molecular weight excluding hydrogens is 822 g/mol. The maximum atomic E-state index is 13.6. The van der Waals surface area contributed by atoms with Crippen LogP contribution in [0.25, 0.3) is 22.1 Å². The summed E-state index contributed by atoms with van der Waals surface area (Å²) < 4.78 is 9.21. The van der Waals surface area contributed by atoms with E-state index >= 15 is 0 Å². The molecule has 6 aromatic rings. The number of ketones is 1. The van der Waals surface area contributed by atoms with Crippen LogP contribution in [0.3, 0.4) is 0 Å². The van der Waals surface area contributed by atoms with Gasteiger partial charge in [-0.15, -0.1) is 0 Å². The van der Waals surface area contributed by atoms with Crippen molar-refractivity contribution < 1.29 is 14.3 Å². The highest BCUT2D eigenvalue weighted by Gasteiger charge is 2.26. The first kappa shape index (κ1) is 43.0. The number of halogens is 1. The van der Waals surface area contributed by atoms with Crippen LogP contribution in [0.5, 0.6) is 5.75 Å². The molecule has 0 radical (unpaired) electrons. The van der Waals surface area contributed by atoms with E-state index < -0.39 is 0 Å². The molecule has 7 heterocycles. The number of aromatic nitrogens is 8. The Bertz CT molecular complexity index is 2850. The van der Waals surface area contributed by atoms with Gasteiger partial charge in [-0.1, -0.05) is 36.3 Å². The number of rotatable bonds is 12. The Labute approximate surface area is 369 Å². The van der Waals surface area contributed by atoms with Crippen LogP contribution in [-0.2, 0) is 11.3 Å². The number of nitrogen functional groups attached to an aromatic ring is 1. The highest BCUT2D eigenvalue weighted by atomic mass is 35.5. The lowest BCUT2D eigenvalue weighted by Gasteiger charge is -2.35. The molecule has 1 aliphatic carbocycles. The molecule has 1 saturated heterocycles. The number of hydrogen-bond acceptors (Lipinski definition) is 14. The number of nitrogens with two attached hydrogens (primary N) is 1. The van der Waals surface area contributed by atoms with Crippen molar-refractivity contribution in [3.05, 3.63) is 85.9 Å². The van der Waals surface area contributed by atoms with Crippen LogP contribution in [0.15, 0.2) is 41.7 Å². The first-order chi connectivity index (χ1) is 30.4. The number of hydrogen-bond donors (Lipinski definition) is 3. The number of fused-ring (bicyclic) bond motifs is 2. The fraction of sp³-hybridized carbons (Fsp3) is 0.400. The summed E-state index contributed by atoms with van der Waals surface area (Å²) >= 11 is 6.55. The molecule has 6 aromatic heterocycles. The Morgan fingerprint density at radius 2 is 1.75 bits per heavy atom. The highest BCUT2D eigenvalue weighted by Crippen LogP contribution is 2.33. The molecular formula is C45H50ClN13O4. The van der Waals surface area contributed by atoms with E-state index in [0.29, 0.717) is 77.6 Å². The molecule has 0 aromatic carbocycles. The Balaban J connectivity index is 0.833. The fourth-order valence-electron chi connectivity index (χ4n) is 8.68. The Morgan fingerprint density at radius 3 is 2.46 bits per heavy atom. The zero-order valence-electron chi connectivity index (χ0n) is 36.1. The van der Waals surface area contributed by atoms with Crippen molar-refractivity contribution in [3.63, 3.8) is 0 Å². The summed E-state index contributed by atoms with van der Waals surface area (Å²) in [5, 5.41) is 7.70. The van der Waals surface area contributed by atoms with Gasteiger partial charge in [-0.2, -0.15) is 9.97 Å². The van der Waals surface area contributed by atoms with Gasteiger partial charge in [0.15, 0.2) is 5.78 Å². The van der Waals surface area contributed by atoms with Crippen molar-refractivity contribution in [2.45, 2.75) is 72.4 Å². The zero-order chi connectivity index (χ0) is 44.4. The summed E-state index contributed by atoms with van der Waals surface area (Å²) in [6.07, 6.45) is 11.4. The van der Waals surface area contributed by atoms with Crippen LogP contribution in [0.1, 0.15) is 83.4 Å². The van der Waals surface area contributed by atoms with Crippen LogP contribution in [0, 0.1) is 32.6 Å². The minimum Gasteiger partial charge on any atom is -0.496 e. The third-order valence-electron chi connectivity index (χ3n) is 11.9. The molecule has 1 saturated carbocycles. The molecule has 1 amide bonds. The number of aryl methyl sites for hydroxylation is 2. The molecule has 63 heavy (non-hydrogen) atoms. The van der Waals surface area contributed by atoms with Crippen molar-refractivity contribution in [1.82, 2.24) is 49.3 Å². The van der Waals surface area contributed by atoms with E-state index in [-0.39, 0.29) is 46.5 Å². The van der Waals surface area contributed by atoms with Gasteiger partial charge >= 0.3 is 0 Å². The predicted octanol–water partition coefficient (Wildman–Crippen LogP) is 5.29. The SMILES string of the molecule is COc1c(C)cnc(Cn2cc(C#CCCNC(=O)CN3CCN(c4ccc(Nc5ncc6c(C)c(C(C)=O)c(=O)n(C7CCCC7)c6n5)nc4)CC3)c3c(Cl)nc(N)nc32)c1C. The van der Waals surface area contributed by atoms with E-state index in [9.17, 15) is 14.4 Å². The summed E-state index contributed by atoms with van der Waals surface area (Å²) in [6, 6.07) is 3.86. The largest absolute Gasteiger partial charge is 0.496 e. The number of pyridine rings is 3. The number of anilines is 4.